The van der Waals surface area contributed by atoms with Crippen molar-refractivity contribution in [2.24, 2.45) is 10.8 Å². The lowest BCUT2D eigenvalue weighted by Crippen LogP contribution is -2.18. The molecule has 0 amide bonds. The molecule has 0 spiro atoms. The van der Waals surface area contributed by atoms with E-state index in [4.69, 9.17) is 0 Å². The maximum absolute atomic E-state index is 9.69. The van der Waals surface area contributed by atoms with Crippen molar-refractivity contribution in [3.8, 4) is 0 Å². The highest BCUT2D eigenvalue weighted by Gasteiger charge is 2.37. The number of allylic oxidation sites excluding steroid dienone is 4. The summed E-state index contributed by atoms with van der Waals surface area (Å²) in [5, 5.41) is 9.69. The molecular weight excluding hydrogens is 196 g/mol. The molecule has 16 heavy (non-hydrogen) atoms. The molecule has 0 saturated heterocycles. The molecule has 0 aromatic rings. The van der Waals surface area contributed by atoms with Crippen molar-refractivity contribution in [3.63, 3.8) is 0 Å². The molecular formula is C15H26O. The van der Waals surface area contributed by atoms with Crippen LogP contribution in [0.5, 0.6) is 0 Å². The molecule has 0 aromatic heterocycles. The molecule has 0 saturated carbocycles. The van der Waals surface area contributed by atoms with Gasteiger partial charge in [-0.05, 0) is 44.6 Å². The van der Waals surface area contributed by atoms with Gasteiger partial charge in [-0.15, -0.1) is 0 Å². The Bertz CT molecular complexity index is 350. The quantitative estimate of drug-likeness (QED) is 0.515. The maximum Gasteiger partial charge on any atom is 0.0889 e. The number of aliphatic hydroxyl groups is 1. The summed E-state index contributed by atoms with van der Waals surface area (Å²) in [6.45, 7) is 15.2. The van der Waals surface area contributed by atoms with Gasteiger partial charge in [-0.25, -0.2) is 0 Å². The van der Waals surface area contributed by atoms with Gasteiger partial charge in [0.05, 0.1) is 5.76 Å². The molecule has 1 aliphatic rings. The highest BCUT2D eigenvalue weighted by atomic mass is 16.3. The van der Waals surface area contributed by atoms with E-state index in [1.54, 1.807) is 6.92 Å². The molecule has 92 valence electrons. The van der Waals surface area contributed by atoms with E-state index in [9.17, 15) is 5.11 Å². The molecule has 0 radical (unpaired) electrons. The number of aliphatic hydroxyl groups excluding tert-OH is 1. The Kier molecular flexibility index (Phi) is 3.29. The number of rotatable bonds is 2. The molecule has 1 aliphatic carbocycles. The van der Waals surface area contributed by atoms with Crippen LogP contribution in [0.15, 0.2) is 22.5 Å². The lowest BCUT2D eigenvalue weighted by molar-refractivity contribution is 0.380. The van der Waals surface area contributed by atoms with Crippen molar-refractivity contribution in [1.29, 1.82) is 0 Å². The Balaban J connectivity index is 3.22. The van der Waals surface area contributed by atoms with Crippen molar-refractivity contribution < 1.29 is 5.11 Å². The van der Waals surface area contributed by atoms with Crippen LogP contribution in [0.3, 0.4) is 0 Å². The van der Waals surface area contributed by atoms with Gasteiger partial charge in [0.25, 0.3) is 0 Å². The van der Waals surface area contributed by atoms with E-state index in [-0.39, 0.29) is 5.41 Å². The summed E-state index contributed by atoms with van der Waals surface area (Å²) in [5.41, 5.74) is 4.45. The molecule has 0 bridgehead atoms. The zero-order valence-corrected chi connectivity index (χ0v) is 11.9. The van der Waals surface area contributed by atoms with Gasteiger partial charge >= 0.3 is 0 Å². The Morgan fingerprint density at radius 3 is 2.06 bits per heavy atom. The van der Waals surface area contributed by atoms with Crippen LogP contribution in [0.4, 0.5) is 0 Å². The first-order valence-corrected chi connectivity index (χ1v) is 6.18. The lowest BCUT2D eigenvalue weighted by Gasteiger charge is -2.30. The second kappa shape index (κ2) is 3.94. The van der Waals surface area contributed by atoms with Gasteiger partial charge < -0.3 is 5.11 Å². The first-order valence-electron chi connectivity index (χ1n) is 6.18. The minimum Gasteiger partial charge on any atom is -0.513 e. The van der Waals surface area contributed by atoms with Gasteiger partial charge in [-0.1, -0.05) is 38.8 Å². The minimum absolute atomic E-state index is 0.00329. The van der Waals surface area contributed by atoms with Crippen molar-refractivity contribution in [2.45, 2.75) is 61.3 Å². The summed E-state index contributed by atoms with van der Waals surface area (Å²) >= 11 is 0. The van der Waals surface area contributed by atoms with Crippen LogP contribution < -0.4 is 0 Å². The van der Waals surface area contributed by atoms with Gasteiger partial charge in [-0.3, -0.25) is 0 Å². The summed E-state index contributed by atoms with van der Waals surface area (Å²) in [7, 11) is 0. The van der Waals surface area contributed by atoms with E-state index >= 15 is 0 Å². The first kappa shape index (κ1) is 13.3. The predicted molar refractivity (Wildman–Crippen MR) is 70.5 cm³/mol. The fourth-order valence-electron chi connectivity index (χ4n) is 2.68. The Morgan fingerprint density at radius 1 is 1.25 bits per heavy atom. The summed E-state index contributed by atoms with van der Waals surface area (Å²) in [4.78, 5) is 0. The van der Waals surface area contributed by atoms with Crippen LogP contribution in [0, 0.1) is 10.8 Å². The molecule has 1 N–H and O–H groups in total. The monoisotopic (exact) mass is 222 g/mol. The zero-order chi connectivity index (χ0) is 12.7. The third-order valence-electron chi connectivity index (χ3n) is 4.70. The van der Waals surface area contributed by atoms with E-state index in [1.165, 1.54) is 17.6 Å². The minimum atomic E-state index is -0.00329. The molecule has 0 unspecified atom stereocenters. The van der Waals surface area contributed by atoms with E-state index in [0.717, 1.165) is 12.0 Å². The lowest BCUT2D eigenvalue weighted by atomic mass is 9.75. The zero-order valence-electron chi connectivity index (χ0n) is 11.9. The normalized spacial score (nSPS) is 22.4. The van der Waals surface area contributed by atoms with Crippen LogP contribution >= 0.6 is 0 Å². The summed E-state index contributed by atoms with van der Waals surface area (Å²) in [5.74, 6) is 0.468. The number of hydrogen-bond acceptors (Lipinski definition) is 1. The van der Waals surface area contributed by atoms with Crippen molar-refractivity contribution in [1.82, 2.24) is 0 Å². The highest BCUT2D eigenvalue weighted by Crippen LogP contribution is 2.50. The van der Waals surface area contributed by atoms with Crippen LogP contribution in [0.25, 0.3) is 0 Å². The molecule has 0 heterocycles. The SMILES string of the molecule is CC(O)=C(C)C(C)(C)C1=C(C)C(C)(C)CC1. The second-order valence-corrected chi connectivity index (χ2v) is 6.32. The van der Waals surface area contributed by atoms with Crippen molar-refractivity contribution in [2.75, 3.05) is 0 Å². The topological polar surface area (TPSA) is 20.2 Å². The first-order chi connectivity index (χ1) is 7.10. The van der Waals surface area contributed by atoms with Crippen LogP contribution in [-0.4, -0.2) is 5.11 Å². The van der Waals surface area contributed by atoms with Crippen LogP contribution in [0.2, 0.25) is 0 Å². The number of hydrogen-bond donors (Lipinski definition) is 1. The van der Waals surface area contributed by atoms with Gasteiger partial charge in [0.15, 0.2) is 0 Å². The molecule has 0 aromatic carbocycles. The fourth-order valence-corrected chi connectivity index (χ4v) is 2.68. The van der Waals surface area contributed by atoms with Crippen LogP contribution in [-0.2, 0) is 0 Å². The van der Waals surface area contributed by atoms with Gasteiger partial charge in [-0.2, -0.15) is 0 Å². The molecule has 1 nitrogen and oxygen atoms in total. The Morgan fingerprint density at radius 2 is 1.75 bits per heavy atom. The van der Waals surface area contributed by atoms with Crippen molar-refractivity contribution >= 4 is 0 Å². The summed E-state index contributed by atoms with van der Waals surface area (Å²) in [6.07, 6.45) is 2.39. The van der Waals surface area contributed by atoms with Crippen LogP contribution in [0.1, 0.15) is 61.3 Å². The summed E-state index contributed by atoms with van der Waals surface area (Å²) < 4.78 is 0. The van der Waals surface area contributed by atoms with E-state index < -0.39 is 0 Å². The average molecular weight is 222 g/mol. The average Bonchev–Trinajstić information content (AvgIpc) is 2.41. The predicted octanol–water partition coefficient (Wildman–Crippen LogP) is 5.00. The van der Waals surface area contributed by atoms with Gasteiger partial charge in [0.2, 0.25) is 0 Å². The largest absolute Gasteiger partial charge is 0.513 e. The third kappa shape index (κ3) is 2.05. The summed E-state index contributed by atoms with van der Waals surface area (Å²) in [6, 6.07) is 0. The molecule has 0 atom stereocenters. The molecule has 0 aliphatic heterocycles. The standard InChI is InChI=1S/C15H26O/c1-10(12(3)16)15(6,7)13-8-9-14(4,5)11(13)2/h16H,8-9H2,1-7H3. The Labute approximate surface area is 100 Å². The van der Waals surface area contributed by atoms with Crippen molar-refractivity contribution in [3.05, 3.63) is 22.5 Å². The van der Waals surface area contributed by atoms with E-state index in [0.29, 0.717) is 11.2 Å². The second-order valence-electron chi connectivity index (χ2n) is 6.32. The molecule has 1 heteroatoms. The van der Waals surface area contributed by atoms with E-state index in [1.807, 2.05) is 6.92 Å². The molecule has 1 rings (SSSR count). The van der Waals surface area contributed by atoms with Gasteiger partial charge in [0.1, 0.15) is 0 Å². The van der Waals surface area contributed by atoms with E-state index in [2.05, 4.69) is 34.6 Å². The third-order valence-corrected chi connectivity index (χ3v) is 4.70. The Hall–Kier alpha value is -0.720. The maximum atomic E-state index is 9.69. The highest BCUT2D eigenvalue weighted by molar-refractivity contribution is 5.36. The molecule has 0 fully saturated rings. The fraction of sp³-hybridized carbons (Fsp3) is 0.733. The van der Waals surface area contributed by atoms with Gasteiger partial charge in [0, 0.05) is 5.41 Å². The smallest absolute Gasteiger partial charge is 0.0889 e.